The van der Waals surface area contributed by atoms with Crippen LogP contribution in [0.4, 0.5) is 5.69 Å². The number of fused-ring (bicyclic) bond motifs is 1. The van der Waals surface area contributed by atoms with Gasteiger partial charge in [0.05, 0.1) is 0 Å². The minimum absolute atomic E-state index is 0.694. The summed E-state index contributed by atoms with van der Waals surface area (Å²) >= 11 is 0. The van der Waals surface area contributed by atoms with Gasteiger partial charge in [0, 0.05) is 41.0 Å². The van der Waals surface area contributed by atoms with Crippen molar-refractivity contribution in [1.82, 2.24) is 0 Å². The van der Waals surface area contributed by atoms with Gasteiger partial charge in [0.25, 0.3) is 0 Å². The number of aryl methyl sites for hydroxylation is 1. The molecule has 0 fully saturated rings. The molecular formula is C42H47NO. The number of anilines is 1. The first-order chi connectivity index (χ1) is 21.7. The van der Waals surface area contributed by atoms with Gasteiger partial charge in [-0.25, -0.2) is 0 Å². The Morgan fingerprint density at radius 3 is 2.05 bits per heavy atom. The Morgan fingerprint density at radius 1 is 0.727 bits per heavy atom. The molecule has 2 aliphatic rings. The molecule has 1 unspecified atom stereocenters. The molecule has 2 heteroatoms. The molecule has 0 spiro atoms. The molecule has 0 aliphatic carbocycles. The van der Waals surface area contributed by atoms with Crippen molar-refractivity contribution < 1.29 is 4.74 Å². The lowest BCUT2D eigenvalue weighted by atomic mass is 9.74. The number of hydrogen-bond acceptors (Lipinski definition) is 2. The molecule has 4 aromatic carbocycles. The molecule has 4 aromatic rings. The van der Waals surface area contributed by atoms with Crippen LogP contribution in [0.1, 0.15) is 98.2 Å². The number of allylic oxidation sites excluding steroid dienone is 1. The fourth-order valence-corrected chi connectivity index (χ4v) is 7.09. The lowest BCUT2D eigenvalue weighted by Gasteiger charge is -2.36. The normalized spacial score (nSPS) is 18.4. The van der Waals surface area contributed by atoms with Crippen LogP contribution in [0.5, 0.6) is 0 Å². The molecule has 0 saturated heterocycles. The number of unbranched alkanes of at least 4 members (excludes halogenated alkanes) is 3. The molecule has 226 valence electrons. The molecule has 0 amide bonds. The van der Waals surface area contributed by atoms with E-state index in [0.717, 1.165) is 56.5 Å². The van der Waals surface area contributed by atoms with Crippen LogP contribution >= 0.6 is 0 Å². The molecule has 2 nitrogen and oxygen atoms in total. The zero-order valence-corrected chi connectivity index (χ0v) is 26.8. The van der Waals surface area contributed by atoms with E-state index in [1.54, 1.807) is 5.56 Å². The van der Waals surface area contributed by atoms with Crippen molar-refractivity contribution in [2.45, 2.75) is 90.8 Å². The number of hydrogen-bond donors (Lipinski definition) is 0. The zero-order chi connectivity index (χ0) is 30.4. The lowest BCUT2D eigenvalue weighted by Crippen LogP contribution is -2.32. The third kappa shape index (κ3) is 5.75. The average molecular weight is 582 g/mol. The van der Waals surface area contributed by atoms with Crippen LogP contribution in [-0.2, 0) is 36.3 Å². The second kappa shape index (κ2) is 13.7. The standard InChI is InChI=1S/C42H47NO/c1-4-7-19-33-28-40(37(27-9-6-3)39-31-43(30-38(33)39)36-25-17-12-18-26-36)42(34-23-15-11-16-24-34)35(22-8-5-2)29-41(44-42)32-20-13-10-14-21-32/h10-18,20-26,28-29H,4-9,19,27,30-31H2,1-3H3/b35-22+. The van der Waals surface area contributed by atoms with Crippen molar-refractivity contribution in [1.29, 1.82) is 0 Å². The minimum atomic E-state index is -0.694. The van der Waals surface area contributed by atoms with E-state index in [4.69, 9.17) is 4.74 Å². The Labute approximate surface area is 265 Å². The summed E-state index contributed by atoms with van der Waals surface area (Å²) in [6.45, 7) is 8.81. The summed E-state index contributed by atoms with van der Waals surface area (Å²) in [5.41, 5.74) is 11.6. The third-order valence-corrected chi connectivity index (χ3v) is 9.39. The number of rotatable bonds is 12. The molecule has 0 bridgehead atoms. The van der Waals surface area contributed by atoms with Crippen LogP contribution in [0.25, 0.3) is 5.76 Å². The van der Waals surface area contributed by atoms with Gasteiger partial charge in [0.15, 0.2) is 5.60 Å². The first kappa shape index (κ1) is 30.0. The smallest absolute Gasteiger partial charge is 0.184 e. The highest BCUT2D eigenvalue weighted by atomic mass is 16.5. The fourth-order valence-electron chi connectivity index (χ4n) is 7.09. The second-order valence-electron chi connectivity index (χ2n) is 12.4. The summed E-state index contributed by atoms with van der Waals surface area (Å²) in [5, 5.41) is 0. The van der Waals surface area contributed by atoms with Crippen molar-refractivity contribution in [3.05, 3.63) is 154 Å². The van der Waals surface area contributed by atoms with Gasteiger partial charge in [0.2, 0.25) is 0 Å². The first-order valence-corrected chi connectivity index (χ1v) is 16.9. The predicted molar refractivity (Wildman–Crippen MR) is 186 cm³/mol. The molecule has 6 rings (SSSR count). The third-order valence-electron chi connectivity index (χ3n) is 9.39. The highest BCUT2D eigenvalue weighted by molar-refractivity contribution is 5.73. The van der Waals surface area contributed by atoms with Crippen LogP contribution in [-0.4, -0.2) is 0 Å². The number of para-hydroxylation sites is 1. The van der Waals surface area contributed by atoms with Crippen molar-refractivity contribution in [3.63, 3.8) is 0 Å². The summed E-state index contributed by atoms with van der Waals surface area (Å²) in [4.78, 5) is 2.57. The SMILES string of the molecule is CCC/C=C1\C=C(c2ccccc2)OC1(c1ccccc1)c1cc(CCCC)c2c(c1CCCC)CN(c1ccccc1)C2. The minimum Gasteiger partial charge on any atom is -0.472 e. The van der Waals surface area contributed by atoms with Gasteiger partial charge in [-0.2, -0.15) is 0 Å². The Bertz CT molecular complexity index is 1600. The summed E-state index contributed by atoms with van der Waals surface area (Å²) in [5.74, 6) is 0.958. The Hall–Kier alpha value is -4.04. The largest absolute Gasteiger partial charge is 0.472 e. The van der Waals surface area contributed by atoms with Gasteiger partial charge in [-0.05, 0) is 72.6 Å². The van der Waals surface area contributed by atoms with Crippen molar-refractivity contribution >= 4 is 11.4 Å². The monoisotopic (exact) mass is 581 g/mol. The molecule has 1 atom stereocenters. The van der Waals surface area contributed by atoms with E-state index in [1.165, 1.54) is 58.3 Å². The van der Waals surface area contributed by atoms with E-state index < -0.39 is 5.60 Å². The first-order valence-electron chi connectivity index (χ1n) is 16.9. The van der Waals surface area contributed by atoms with Crippen LogP contribution < -0.4 is 4.90 Å². The summed E-state index contributed by atoms with van der Waals surface area (Å²) in [6, 6.07) is 35.2. The second-order valence-corrected chi connectivity index (χ2v) is 12.4. The quantitative estimate of drug-likeness (QED) is 0.165. The summed E-state index contributed by atoms with van der Waals surface area (Å²) in [6.07, 6.45) is 13.8. The van der Waals surface area contributed by atoms with Crippen molar-refractivity contribution in [3.8, 4) is 0 Å². The van der Waals surface area contributed by atoms with Gasteiger partial charge in [-0.15, -0.1) is 0 Å². The molecule has 2 aliphatic heterocycles. The number of ether oxygens (including phenoxy) is 1. The predicted octanol–water partition coefficient (Wildman–Crippen LogP) is 10.9. The Kier molecular flexibility index (Phi) is 9.36. The number of nitrogens with zero attached hydrogens (tertiary/aromatic N) is 1. The maximum absolute atomic E-state index is 7.45. The summed E-state index contributed by atoms with van der Waals surface area (Å²) < 4.78 is 7.45. The van der Waals surface area contributed by atoms with E-state index in [0.29, 0.717) is 0 Å². The number of benzene rings is 4. The van der Waals surface area contributed by atoms with Gasteiger partial charge in [-0.1, -0.05) is 131 Å². The molecular weight excluding hydrogens is 534 g/mol. The van der Waals surface area contributed by atoms with E-state index in [9.17, 15) is 0 Å². The maximum Gasteiger partial charge on any atom is 0.184 e. The fraction of sp³-hybridized carbons (Fsp3) is 0.333. The Balaban J connectivity index is 1.61. The van der Waals surface area contributed by atoms with E-state index in [2.05, 4.69) is 135 Å². The van der Waals surface area contributed by atoms with Gasteiger partial charge in [-0.3, -0.25) is 0 Å². The van der Waals surface area contributed by atoms with Crippen LogP contribution in [0, 0.1) is 0 Å². The Morgan fingerprint density at radius 2 is 1.36 bits per heavy atom. The molecule has 2 heterocycles. The van der Waals surface area contributed by atoms with Crippen LogP contribution in [0.3, 0.4) is 0 Å². The molecule has 44 heavy (non-hydrogen) atoms. The molecule has 0 radical (unpaired) electrons. The van der Waals surface area contributed by atoms with Crippen LogP contribution in [0.15, 0.2) is 115 Å². The van der Waals surface area contributed by atoms with E-state index >= 15 is 0 Å². The van der Waals surface area contributed by atoms with Gasteiger partial charge >= 0.3 is 0 Å². The van der Waals surface area contributed by atoms with Crippen LogP contribution in [0.2, 0.25) is 0 Å². The van der Waals surface area contributed by atoms with E-state index in [1.807, 2.05) is 0 Å². The molecule has 0 aromatic heterocycles. The summed E-state index contributed by atoms with van der Waals surface area (Å²) in [7, 11) is 0. The van der Waals surface area contributed by atoms with Gasteiger partial charge in [0.1, 0.15) is 5.76 Å². The highest BCUT2D eigenvalue weighted by Crippen LogP contribution is 2.53. The topological polar surface area (TPSA) is 12.5 Å². The van der Waals surface area contributed by atoms with E-state index in [-0.39, 0.29) is 0 Å². The zero-order valence-electron chi connectivity index (χ0n) is 26.8. The average Bonchev–Trinajstić information content (AvgIpc) is 3.70. The van der Waals surface area contributed by atoms with Crippen molar-refractivity contribution in [2.75, 3.05) is 4.90 Å². The highest BCUT2D eigenvalue weighted by Gasteiger charge is 2.47. The maximum atomic E-state index is 7.45. The lowest BCUT2D eigenvalue weighted by molar-refractivity contribution is 0.133. The van der Waals surface area contributed by atoms with Gasteiger partial charge < -0.3 is 9.64 Å². The molecule has 0 N–H and O–H groups in total. The molecule has 0 saturated carbocycles. The van der Waals surface area contributed by atoms with Crippen molar-refractivity contribution in [2.24, 2.45) is 0 Å².